The van der Waals surface area contributed by atoms with Crippen molar-refractivity contribution in [3.63, 3.8) is 0 Å². The van der Waals surface area contributed by atoms with Crippen LogP contribution in [0.1, 0.15) is 32.1 Å². The Morgan fingerprint density at radius 3 is 2.52 bits per heavy atom. The van der Waals surface area contributed by atoms with Gasteiger partial charge in [0, 0.05) is 39.3 Å². The lowest BCUT2D eigenvalue weighted by Crippen LogP contribution is -2.52. The molecule has 1 saturated carbocycles. The van der Waals surface area contributed by atoms with E-state index in [9.17, 15) is 4.79 Å². The lowest BCUT2D eigenvalue weighted by atomic mass is 9.75. The van der Waals surface area contributed by atoms with Gasteiger partial charge in [-0.2, -0.15) is 0 Å². The number of carbonyl (C=O) groups excluding carboxylic acids is 1. The number of anilines is 1. The van der Waals surface area contributed by atoms with Gasteiger partial charge in [0.05, 0.1) is 19.3 Å². The highest BCUT2D eigenvalue weighted by Gasteiger charge is 2.33. The monoisotopic (exact) mass is 371 g/mol. The van der Waals surface area contributed by atoms with Gasteiger partial charge in [-0.1, -0.05) is 31.4 Å². The van der Waals surface area contributed by atoms with Crippen LogP contribution in [-0.2, 0) is 4.79 Å². The molecule has 0 spiro atoms. The topological polar surface area (TPSA) is 36.0 Å². The molecular formula is C22H33N3O2. The van der Waals surface area contributed by atoms with Gasteiger partial charge in [-0.3, -0.25) is 9.69 Å². The predicted octanol–water partition coefficient (Wildman–Crippen LogP) is 2.86. The van der Waals surface area contributed by atoms with Gasteiger partial charge in [-0.25, -0.2) is 0 Å². The van der Waals surface area contributed by atoms with Gasteiger partial charge in [0.15, 0.2) is 0 Å². The average Bonchev–Trinajstić information content (AvgIpc) is 2.74. The van der Waals surface area contributed by atoms with Crippen molar-refractivity contribution in [3.8, 4) is 5.75 Å². The lowest BCUT2D eigenvalue weighted by Gasteiger charge is -2.42. The van der Waals surface area contributed by atoms with Crippen molar-refractivity contribution >= 4 is 11.6 Å². The fourth-order valence-corrected chi connectivity index (χ4v) is 5.16. The number of rotatable bonds is 4. The summed E-state index contributed by atoms with van der Waals surface area (Å²) in [5, 5.41) is 0. The van der Waals surface area contributed by atoms with Crippen LogP contribution in [0.15, 0.2) is 24.3 Å². The summed E-state index contributed by atoms with van der Waals surface area (Å²) >= 11 is 0. The van der Waals surface area contributed by atoms with Gasteiger partial charge in [0.2, 0.25) is 5.91 Å². The normalized spacial score (nSPS) is 26.6. The van der Waals surface area contributed by atoms with Gasteiger partial charge in [-0.15, -0.1) is 0 Å². The molecule has 0 bridgehead atoms. The number of likely N-dealkylation sites (tertiary alicyclic amines) is 1. The third-order valence-corrected chi connectivity index (χ3v) is 6.80. The molecule has 1 amide bonds. The Hall–Kier alpha value is -1.75. The van der Waals surface area contributed by atoms with Crippen LogP contribution in [0, 0.1) is 11.8 Å². The van der Waals surface area contributed by atoms with Crippen LogP contribution in [0.3, 0.4) is 0 Å². The van der Waals surface area contributed by atoms with E-state index in [1.165, 1.54) is 32.1 Å². The standard InChI is InChI=1S/C22H33N3O2/c1-27-21-9-5-4-8-20(21)24-14-12-23(13-15-24)17-22(26)25-11-10-18-6-2-3-7-19(18)16-25/h4-5,8-9,18-19H,2-3,6-7,10-17H2,1H3/t18-,19+/m1/s1. The Morgan fingerprint density at radius 2 is 1.74 bits per heavy atom. The molecule has 0 radical (unpaired) electrons. The number of amides is 1. The molecule has 0 unspecified atom stereocenters. The first kappa shape index (κ1) is 18.6. The Labute approximate surface area is 163 Å². The first-order valence-electron chi connectivity index (χ1n) is 10.6. The van der Waals surface area contributed by atoms with Crippen LogP contribution in [0.5, 0.6) is 5.75 Å². The minimum Gasteiger partial charge on any atom is -0.495 e. The van der Waals surface area contributed by atoms with Gasteiger partial charge >= 0.3 is 0 Å². The van der Waals surface area contributed by atoms with Crippen molar-refractivity contribution in [1.82, 2.24) is 9.80 Å². The molecule has 2 aliphatic heterocycles. The first-order valence-corrected chi connectivity index (χ1v) is 10.6. The molecule has 2 heterocycles. The fourth-order valence-electron chi connectivity index (χ4n) is 5.16. The highest BCUT2D eigenvalue weighted by atomic mass is 16.5. The minimum absolute atomic E-state index is 0.338. The number of fused-ring (bicyclic) bond motifs is 1. The third kappa shape index (κ3) is 4.23. The number of carbonyl (C=O) groups is 1. The quantitative estimate of drug-likeness (QED) is 0.815. The van der Waals surface area contributed by atoms with E-state index in [-0.39, 0.29) is 0 Å². The van der Waals surface area contributed by atoms with E-state index in [2.05, 4.69) is 26.8 Å². The molecule has 2 atom stereocenters. The summed E-state index contributed by atoms with van der Waals surface area (Å²) in [7, 11) is 1.73. The van der Waals surface area contributed by atoms with Crippen LogP contribution >= 0.6 is 0 Å². The van der Waals surface area contributed by atoms with E-state index in [1.54, 1.807) is 7.11 Å². The SMILES string of the molecule is COc1ccccc1N1CCN(CC(=O)N2CC[C@H]3CCCC[C@H]3C2)CC1. The molecule has 4 rings (SSSR count). The van der Waals surface area contributed by atoms with Crippen molar-refractivity contribution in [1.29, 1.82) is 0 Å². The largest absolute Gasteiger partial charge is 0.495 e. The molecule has 3 fully saturated rings. The van der Waals surface area contributed by atoms with Crippen LogP contribution in [-0.4, -0.2) is 68.6 Å². The third-order valence-electron chi connectivity index (χ3n) is 6.80. The van der Waals surface area contributed by atoms with Crippen molar-refractivity contribution in [2.75, 3.05) is 57.8 Å². The Balaban J connectivity index is 1.27. The van der Waals surface area contributed by atoms with E-state index in [1.807, 2.05) is 12.1 Å². The maximum Gasteiger partial charge on any atom is 0.236 e. The zero-order valence-corrected chi connectivity index (χ0v) is 16.6. The molecule has 27 heavy (non-hydrogen) atoms. The van der Waals surface area contributed by atoms with Gasteiger partial charge in [0.1, 0.15) is 5.75 Å². The van der Waals surface area contributed by atoms with Crippen molar-refractivity contribution in [3.05, 3.63) is 24.3 Å². The number of hydrogen-bond acceptors (Lipinski definition) is 4. The maximum absolute atomic E-state index is 12.8. The summed E-state index contributed by atoms with van der Waals surface area (Å²) in [6.07, 6.45) is 6.68. The first-order chi connectivity index (χ1) is 13.2. The summed E-state index contributed by atoms with van der Waals surface area (Å²) in [5.41, 5.74) is 1.16. The molecule has 5 heteroatoms. The number of piperazine rings is 1. The fraction of sp³-hybridized carbons (Fsp3) is 0.682. The van der Waals surface area contributed by atoms with Crippen molar-refractivity contribution < 1.29 is 9.53 Å². The van der Waals surface area contributed by atoms with Crippen molar-refractivity contribution in [2.45, 2.75) is 32.1 Å². The number of hydrogen-bond donors (Lipinski definition) is 0. The van der Waals surface area contributed by atoms with Gasteiger partial charge < -0.3 is 14.5 Å². The highest BCUT2D eigenvalue weighted by Crippen LogP contribution is 2.36. The maximum atomic E-state index is 12.8. The second-order valence-electron chi connectivity index (χ2n) is 8.37. The summed E-state index contributed by atoms with van der Waals surface area (Å²) < 4.78 is 5.50. The number of nitrogens with zero attached hydrogens (tertiary/aromatic N) is 3. The molecule has 1 aromatic carbocycles. The van der Waals surface area contributed by atoms with Crippen LogP contribution in [0.25, 0.3) is 0 Å². The molecule has 2 saturated heterocycles. The van der Waals surface area contributed by atoms with Crippen LogP contribution in [0.2, 0.25) is 0 Å². The molecule has 1 aromatic rings. The zero-order chi connectivity index (χ0) is 18.6. The van der Waals surface area contributed by atoms with Gasteiger partial charge in [0.25, 0.3) is 0 Å². The summed E-state index contributed by atoms with van der Waals surface area (Å²) in [4.78, 5) is 19.7. The molecule has 0 N–H and O–H groups in total. The van der Waals surface area contributed by atoms with Crippen LogP contribution in [0.4, 0.5) is 5.69 Å². The number of ether oxygens (including phenoxy) is 1. The Morgan fingerprint density at radius 1 is 1.00 bits per heavy atom. The summed E-state index contributed by atoms with van der Waals surface area (Å²) in [5.74, 6) is 2.91. The number of para-hydroxylation sites is 2. The molecular weight excluding hydrogens is 338 g/mol. The second-order valence-corrected chi connectivity index (χ2v) is 8.37. The zero-order valence-electron chi connectivity index (χ0n) is 16.6. The van der Waals surface area contributed by atoms with E-state index >= 15 is 0 Å². The number of benzene rings is 1. The highest BCUT2D eigenvalue weighted by molar-refractivity contribution is 5.78. The predicted molar refractivity (Wildman–Crippen MR) is 108 cm³/mol. The molecule has 148 valence electrons. The molecule has 1 aliphatic carbocycles. The van der Waals surface area contributed by atoms with E-state index < -0.39 is 0 Å². The Kier molecular flexibility index (Phi) is 5.86. The average molecular weight is 372 g/mol. The number of methoxy groups -OCH3 is 1. The summed E-state index contributed by atoms with van der Waals surface area (Å²) in [6.45, 7) is 6.31. The molecule has 5 nitrogen and oxygen atoms in total. The van der Waals surface area contributed by atoms with E-state index in [0.717, 1.165) is 62.5 Å². The minimum atomic E-state index is 0.338. The summed E-state index contributed by atoms with van der Waals surface area (Å²) in [6, 6.07) is 8.20. The smallest absolute Gasteiger partial charge is 0.236 e. The van der Waals surface area contributed by atoms with E-state index in [4.69, 9.17) is 4.74 Å². The van der Waals surface area contributed by atoms with Crippen molar-refractivity contribution in [2.24, 2.45) is 11.8 Å². The number of piperidine rings is 1. The molecule has 3 aliphatic rings. The van der Waals surface area contributed by atoms with Gasteiger partial charge in [-0.05, 0) is 36.8 Å². The Bertz CT molecular complexity index is 642. The molecule has 0 aromatic heterocycles. The lowest BCUT2D eigenvalue weighted by molar-refractivity contribution is -0.135. The van der Waals surface area contributed by atoms with Crippen LogP contribution < -0.4 is 9.64 Å². The van der Waals surface area contributed by atoms with E-state index in [0.29, 0.717) is 12.5 Å². The second kappa shape index (κ2) is 8.51.